The van der Waals surface area contributed by atoms with E-state index in [0.29, 0.717) is 23.2 Å². The van der Waals surface area contributed by atoms with Crippen LogP contribution in [-0.4, -0.2) is 36.5 Å². The summed E-state index contributed by atoms with van der Waals surface area (Å²) in [5, 5.41) is 3.14. The number of nitrogens with one attached hydrogen (secondary N) is 1. The first-order chi connectivity index (χ1) is 9.29. The summed E-state index contributed by atoms with van der Waals surface area (Å²) < 4.78 is 38.8. The minimum atomic E-state index is -4.44. The number of rotatable bonds is 1. The molecular weight excluding hydrogens is 384 g/mol. The lowest BCUT2D eigenvalue weighted by Gasteiger charge is -2.34. The number of benzene rings is 1. The van der Waals surface area contributed by atoms with Crippen LogP contribution < -0.4 is 5.32 Å². The van der Waals surface area contributed by atoms with Crippen molar-refractivity contribution in [2.75, 3.05) is 19.6 Å². The Bertz CT molecular complexity index is 519. The predicted octanol–water partition coefficient (Wildman–Crippen LogP) is 2.74. The Hall–Kier alpha value is -0.830. The third kappa shape index (κ3) is 3.43. The zero-order valence-corrected chi connectivity index (χ0v) is 13.0. The first-order valence-corrected chi connectivity index (χ1v) is 7.26. The molecule has 1 aromatic carbocycles. The van der Waals surface area contributed by atoms with Crippen LogP contribution in [0.25, 0.3) is 0 Å². The molecule has 1 fully saturated rings. The van der Waals surface area contributed by atoms with Gasteiger partial charge in [0.25, 0.3) is 5.91 Å². The molecule has 7 heteroatoms. The summed E-state index contributed by atoms with van der Waals surface area (Å²) in [5.41, 5.74) is -0.687. The van der Waals surface area contributed by atoms with Gasteiger partial charge in [0.15, 0.2) is 0 Å². The number of nitrogens with zero attached hydrogens (tertiary/aromatic N) is 1. The van der Waals surface area contributed by atoms with Crippen LogP contribution in [0.3, 0.4) is 0 Å². The SMILES string of the molecule is C[C@H]1CNCCN1C(=O)c1cc(I)cc(C(F)(F)F)c1. The van der Waals surface area contributed by atoms with Crippen molar-refractivity contribution in [3.05, 3.63) is 32.9 Å². The van der Waals surface area contributed by atoms with Crippen LogP contribution in [0.5, 0.6) is 0 Å². The molecule has 110 valence electrons. The highest BCUT2D eigenvalue weighted by atomic mass is 127. The quantitative estimate of drug-likeness (QED) is 0.739. The Morgan fingerprint density at radius 2 is 2.10 bits per heavy atom. The lowest BCUT2D eigenvalue weighted by Crippen LogP contribution is -2.52. The molecule has 1 atom stereocenters. The average molecular weight is 398 g/mol. The highest BCUT2D eigenvalue weighted by Gasteiger charge is 2.32. The fourth-order valence-corrected chi connectivity index (χ4v) is 2.86. The fourth-order valence-electron chi connectivity index (χ4n) is 2.19. The normalized spacial score (nSPS) is 20.1. The van der Waals surface area contributed by atoms with Gasteiger partial charge in [-0.05, 0) is 47.7 Å². The second kappa shape index (κ2) is 5.88. The van der Waals surface area contributed by atoms with E-state index in [1.807, 2.05) is 6.92 Å². The van der Waals surface area contributed by atoms with Crippen molar-refractivity contribution in [2.45, 2.75) is 19.1 Å². The van der Waals surface area contributed by atoms with E-state index in [4.69, 9.17) is 0 Å². The van der Waals surface area contributed by atoms with Crippen molar-refractivity contribution >= 4 is 28.5 Å². The van der Waals surface area contributed by atoms with E-state index in [1.165, 1.54) is 6.07 Å². The van der Waals surface area contributed by atoms with E-state index in [-0.39, 0.29) is 17.5 Å². The van der Waals surface area contributed by atoms with Gasteiger partial charge >= 0.3 is 6.18 Å². The molecule has 0 aliphatic carbocycles. The van der Waals surface area contributed by atoms with Gasteiger partial charge in [0.05, 0.1) is 5.56 Å². The van der Waals surface area contributed by atoms with Crippen LogP contribution in [-0.2, 0) is 6.18 Å². The molecule has 1 saturated heterocycles. The largest absolute Gasteiger partial charge is 0.416 e. The number of carbonyl (C=O) groups is 1. The van der Waals surface area contributed by atoms with Gasteiger partial charge in [-0.1, -0.05) is 0 Å². The number of alkyl halides is 3. The number of piperazine rings is 1. The molecule has 0 spiro atoms. The Balaban J connectivity index is 2.32. The molecule has 1 heterocycles. The van der Waals surface area contributed by atoms with Gasteiger partial charge in [-0.3, -0.25) is 4.79 Å². The van der Waals surface area contributed by atoms with E-state index in [1.54, 1.807) is 27.5 Å². The summed E-state index contributed by atoms with van der Waals surface area (Å²) in [6.45, 7) is 3.70. The van der Waals surface area contributed by atoms with Crippen molar-refractivity contribution in [1.29, 1.82) is 0 Å². The zero-order chi connectivity index (χ0) is 14.9. The van der Waals surface area contributed by atoms with Crippen molar-refractivity contribution in [3.8, 4) is 0 Å². The summed E-state index contributed by atoms with van der Waals surface area (Å²) in [4.78, 5) is 14.0. The third-order valence-electron chi connectivity index (χ3n) is 3.23. The summed E-state index contributed by atoms with van der Waals surface area (Å²) in [7, 11) is 0. The second-order valence-electron chi connectivity index (χ2n) is 4.78. The lowest BCUT2D eigenvalue weighted by molar-refractivity contribution is -0.137. The highest BCUT2D eigenvalue weighted by Crippen LogP contribution is 2.31. The van der Waals surface area contributed by atoms with Gasteiger partial charge in [0.2, 0.25) is 0 Å². The standard InChI is InChI=1S/C13H14F3IN2O/c1-8-7-18-2-3-19(8)12(20)9-4-10(13(14,15)16)6-11(17)5-9/h4-6,8,18H,2-3,7H2,1H3/t8-/m0/s1. The van der Waals surface area contributed by atoms with Crippen LogP contribution >= 0.6 is 22.6 Å². The monoisotopic (exact) mass is 398 g/mol. The van der Waals surface area contributed by atoms with E-state index in [2.05, 4.69) is 5.32 Å². The van der Waals surface area contributed by atoms with Crippen molar-refractivity contribution in [1.82, 2.24) is 10.2 Å². The molecule has 1 amide bonds. The summed E-state index contributed by atoms with van der Waals surface area (Å²) in [5.74, 6) is -0.344. The minimum absolute atomic E-state index is 0.0246. The first kappa shape index (κ1) is 15.6. The number of carbonyl (C=O) groups excluding carboxylic acids is 1. The Morgan fingerprint density at radius 3 is 2.70 bits per heavy atom. The van der Waals surface area contributed by atoms with Crippen LogP contribution in [0.2, 0.25) is 0 Å². The van der Waals surface area contributed by atoms with E-state index in [9.17, 15) is 18.0 Å². The Morgan fingerprint density at radius 1 is 1.40 bits per heavy atom. The molecule has 0 saturated carbocycles. The zero-order valence-electron chi connectivity index (χ0n) is 10.8. The molecule has 1 aliphatic rings. The summed E-state index contributed by atoms with van der Waals surface area (Å²) in [6, 6.07) is 3.44. The fraction of sp³-hybridized carbons (Fsp3) is 0.462. The van der Waals surface area contributed by atoms with E-state index < -0.39 is 11.7 Å². The van der Waals surface area contributed by atoms with Gasteiger partial charge in [0.1, 0.15) is 0 Å². The van der Waals surface area contributed by atoms with Gasteiger partial charge in [0, 0.05) is 34.8 Å². The molecule has 1 N–H and O–H groups in total. The second-order valence-corrected chi connectivity index (χ2v) is 6.02. The van der Waals surface area contributed by atoms with Gasteiger partial charge < -0.3 is 10.2 Å². The van der Waals surface area contributed by atoms with Crippen molar-refractivity contribution < 1.29 is 18.0 Å². The Labute approximate surface area is 128 Å². The van der Waals surface area contributed by atoms with Gasteiger partial charge in [-0.15, -0.1) is 0 Å². The molecule has 0 bridgehead atoms. The average Bonchev–Trinajstić information content (AvgIpc) is 2.37. The topological polar surface area (TPSA) is 32.3 Å². The molecule has 2 rings (SSSR count). The molecule has 0 radical (unpaired) electrons. The number of halogens is 4. The number of hydrogen-bond donors (Lipinski definition) is 1. The van der Waals surface area contributed by atoms with Gasteiger partial charge in [-0.2, -0.15) is 13.2 Å². The molecule has 20 heavy (non-hydrogen) atoms. The first-order valence-electron chi connectivity index (χ1n) is 6.18. The molecule has 0 unspecified atom stereocenters. The summed E-state index contributed by atoms with van der Waals surface area (Å²) >= 11 is 1.80. The van der Waals surface area contributed by atoms with Gasteiger partial charge in [-0.25, -0.2) is 0 Å². The highest BCUT2D eigenvalue weighted by molar-refractivity contribution is 14.1. The number of hydrogen-bond acceptors (Lipinski definition) is 2. The van der Waals surface area contributed by atoms with E-state index >= 15 is 0 Å². The Kier molecular flexibility index (Phi) is 4.58. The van der Waals surface area contributed by atoms with Crippen LogP contribution in [0.15, 0.2) is 18.2 Å². The molecule has 0 aromatic heterocycles. The van der Waals surface area contributed by atoms with Crippen LogP contribution in [0, 0.1) is 3.57 Å². The smallest absolute Gasteiger partial charge is 0.333 e. The molecule has 1 aromatic rings. The van der Waals surface area contributed by atoms with Crippen LogP contribution in [0.4, 0.5) is 13.2 Å². The minimum Gasteiger partial charge on any atom is -0.333 e. The van der Waals surface area contributed by atoms with Crippen LogP contribution in [0.1, 0.15) is 22.8 Å². The molecular formula is C13H14F3IN2O. The summed E-state index contributed by atoms with van der Waals surface area (Å²) in [6.07, 6.45) is -4.44. The molecule has 3 nitrogen and oxygen atoms in total. The third-order valence-corrected chi connectivity index (χ3v) is 3.86. The maximum absolute atomic E-state index is 12.8. The van der Waals surface area contributed by atoms with E-state index in [0.717, 1.165) is 12.1 Å². The maximum Gasteiger partial charge on any atom is 0.416 e. The van der Waals surface area contributed by atoms with Crippen molar-refractivity contribution in [3.63, 3.8) is 0 Å². The maximum atomic E-state index is 12.8. The lowest BCUT2D eigenvalue weighted by atomic mass is 10.1. The number of amides is 1. The molecule has 1 aliphatic heterocycles. The van der Waals surface area contributed by atoms with Crippen molar-refractivity contribution in [2.24, 2.45) is 0 Å². The predicted molar refractivity (Wildman–Crippen MR) is 77.5 cm³/mol.